The smallest absolute Gasteiger partial charge is 0.318 e. The highest BCUT2D eigenvalue weighted by Gasteiger charge is 2.23. The van der Waals surface area contributed by atoms with E-state index in [2.05, 4.69) is 23.4 Å². The molecule has 1 aliphatic heterocycles. The van der Waals surface area contributed by atoms with Crippen LogP contribution in [0.25, 0.3) is 0 Å². The Morgan fingerprint density at radius 3 is 2.39 bits per heavy atom. The number of hydrogen-bond acceptors (Lipinski definition) is 2. The second-order valence-electron chi connectivity index (χ2n) is 5.57. The highest BCUT2D eigenvalue weighted by atomic mass is 16.2. The zero-order chi connectivity index (χ0) is 16.5. The molecule has 5 nitrogen and oxygen atoms in total. The van der Waals surface area contributed by atoms with Gasteiger partial charge >= 0.3 is 6.03 Å². The third kappa shape index (κ3) is 5.33. The third-order valence-corrected chi connectivity index (χ3v) is 3.96. The predicted molar refractivity (Wildman–Crippen MR) is 89.8 cm³/mol. The number of piperazine rings is 1. The molecule has 3 amide bonds. The Morgan fingerprint density at radius 1 is 1.09 bits per heavy atom. The van der Waals surface area contributed by atoms with Gasteiger partial charge in [0.1, 0.15) is 0 Å². The van der Waals surface area contributed by atoms with Crippen molar-refractivity contribution in [3.8, 4) is 12.3 Å². The number of amides is 3. The number of terminal acetylenes is 1. The molecule has 1 fully saturated rings. The minimum atomic E-state index is -0.154. The zero-order valence-corrected chi connectivity index (χ0v) is 13.3. The lowest BCUT2D eigenvalue weighted by atomic mass is 10.1. The van der Waals surface area contributed by atoms with Gasteiger partial charge in [0.2, 0.25) is 5.91 Å². The Labute approximate surface area is 137 Å². The summed E-state index contributed by atoms with van der Waals surface area (Å²) in [6.45, 7) is 2.53. The van der Waals surface area contributed by atoms with Crippen LogP contribution in [0.2, 0.25) is 0 Å². The van der Waals surface area contributed by atoms with Gasteiger partial charge in [-0.2, -0.15) is 0 Å². The van der Waals surface area contributed by atoms with Crippen LogP contribution in [-0.2, 0) is 11.2 Å². The maximum Gasteiger partial charge on any atom is 0.318 e. The minimum absolute atomic E-state index is 0.154. The van der Waals surface area contributed by atoms with E-state index in [1.807, 2.05) is 23.1 Å². The first kappa shape index (κ1) is 16.9. The van der Waals surface area contributed by atoms with E-state index < -0.39 is 0 Å². The van der Waals surface area contributed by atoms with Crippen LogP contribution in [-0.4, -0.2) is 54.5 Å². The summed E-state index contributed by atoms with van der Waals surface area (Å²) in [5.41, 5.74) is 1.26. The first-order valence-corrected chi connectivity index (χ1v) is 7.98. The largest absolute Gasteiger partial charge is 0.339 e. The highest BCUT2D eigenvalue weighted by Crippen LogP contribution is 2.09. The fourth-order valence-electron chi connectivity index (χ4n) is 2.64. The number of carbonyl (C=O) groups excluding carboxylic acids is 2. The summed E-state index contributed by atoms with van der Waals surface area (Å²) in [5.74, 6) is 2.55. The molecule has 0 radical (unpaired) electrons. The van der Waals surface area contributed by atoms with Crippen LogP contribution in [0, 0.1) is 12.3 Å². The van der Waals surface area contributed by atoms with Crippen molar-refractivity contribution in [3.63, 3.8) is 0 Å². The van der Waals surface area contributed by atoms with Gasteiger partial charge in [-0.05, 0) is 18.4 Å². The number of urea groups is 1. The first-order valence-electron chi connectivity index (χ1n) is 7.98. The van der Waals surface area contributed by atoms with E-state index in [9.17, 15) is 9.59 Å². The maximum absolute atomic E-state index is 12.2. The van der Waals surface area contributed by atoms with Gasteiger partial charge in [0.25, 0.3) is 0 Å². The lowest BCUT2D eigenvalue weighted by Crippen LogP contribution is -2.53. The number of nitrogens with zero attached hydrogens (tertiary/aromatic N) is 2. The van der Waals surface area contributed by atoms with Crippen molar-refractivity contribution >= 4 is 11.9 Å². The average Bonchev–Trinajstić information content (AvgIpc) is 2.60. The Balaban J connectivity index is 1.67. The third-order valence-electron chi connectivity index (χ3n) is 3.96. The minimum Gasteiger partial charge on any atom is -0.339 e. The number of hydrogen-bond donors (Lipinski definition) is 1. The number of carbonyl (C=O) groups is 2. The Hall–Kier alpha value is -2.48. The van der Waals surface area contributed by atoms with E-state index in [1.54, 1.807) is 4.90 Å². The summed E-state index contributed by atoms with van der Waals surface area (Å²) in [7, 11) is 0. The Bertz CT molecular complexity index is 557. The zero-order valence-electron chi connectivity index (χ0n) is 13.3. The maximum atomic E-state index is 12.2. The van der Waals surface area contributed by atoms with Gasteiger partial charge in [0.05, 0.1) is 6.54 Å². The van der Waals surface area contributed by atoms with Crippen LogP contribution >= 0.6 is 0 Å². The van der Waals surface area contributed by atoms with E-state index in [4.69, 9.17) is 6.42 Å². The molecule has 0 unspecified atom stereocenters. The summed E-state index contributed by atoms with van der Waals surface area (Å²) in [5, 5.41) is 2.65. The van der Waals surface area contributed by atoms with Crippen LogP contribution in [0.3, 0.4) is 0 Å². The van der Waals surface area contributed by atoms with Crippen molar-refractivity contribution in [1.29, 1.82) is 0 Å². The van der Waals surface area contributed by atoms with Crippen LogP contribution < -0.4 is 5.32 Å². The number of benzene rings is 1. The van der Waals surface area contributed by atoms with Gasteiger partial charge in [-0.15, -0.1) is 6.42 Å². The molecule has 1 aromatic rings. The molecule has 1 saturated heterocycles. The molecule has 5 heteroatoms. The van der Waals surface area contributed by atoms with Gasteiger partial charge in [-0.25, -0.2) is 4.79 Å². The van der Waals surface area contributed by atoms with Crippen molar-refractivity contribution in [2.75, 3.05) is 32.7 Å². The van der Waals surface area contributed by atoms with Gasteiger partial charge < -0.3 is 15.1 Å². The number of aryl methyl sites for hydroxylation is 1. The molecule has 0 aromatic heterocycles. The highest BCUT2D eigenvalue weighted by molar-refractivity contribution is 5.77. The van der Waals surface area contributed by atoms with Gasteiger partial charge in [0.15, 0.2) is 0 Å². The first-order chi connectivity index (χ1) is 11.2. The fraction of sp³-hybridized carbons (Fsp3) is 0.444. The van der Waals surface area contributed by atoms with E-state index in [0.29, 0.717) is 32.6 Å². The van der Waals surface area contributed by atoms with Crippen molar-refractivity contribution in [2.45, 2.75) is 19.3 Å². The van der Waals surface area contributed by atoms with E-state index in [-0.39, 0.29) is 18.5 Å². The normalized spacial score (nSPS) is 14.2. The van der Waals surface area contributed by atoms with Gasteiger partial charge in [0, 0.05) is 32.6 Å². The Kier molecular flexibility index (Phi) is 6.49. The van der Waals surface area contributed by atoms with Crippen LogP contribution in [0.5, 0.6) is 0 Å². The summed E-state index contributed by atoms with van der Waals surface area (Å²) in [6.07, 6.45) is 7.44. The van der Waals surface area contributed by atoms with Crippen LogP contribution in [0.15, 0.2) is 30.3 Å². The Morgan fingerprint density at radius 2 is 1.74 bits per heavy atom. The molecule has 0 spiro atoms. The van der Waals surface area contributed by atoms with E-state index >= 15 is 0 Å². The standard InChI is InChI=1S/C18H23N3O2/c1-2-11-19-18(23)21-14-12-20(13-15-21)17(22)10-6-9-16-7-4-3-5-8-16/h1,3-5,7-8H,6,9-15H2,(H,19,23). The molecule has 0 atom stereocenters. The molecule has 1 aliphatic rings. The van der Waals surface area contributed by atoms with E-state index in [0.717, 1.165) is 12.8 Å². The lowest BCUT2D eigenvalue weighted by Gasteiger charge is -2.34. The second-order valence-corrected chi connectivity index (χ2v) is 5.57. The second kappa shape index (κ2) is 8.84. The lowest BCUT2D eigenvalue weighted by molar-refractivity contribution is -0.132. The molecular weight excluding hydrogens is 290 g/mol. The summed E-state index contributed by atoms with van der Waals surface area (Å²) in [4.78, 5) is 27.5. The molecule has 122 valence electrons. The molecule has 0 saturated carbocycles. The summed E-state index contributed by atoms with van der Waals surface area (Å²) in [6, 6.07) is 10.0. The van der Waals surface area contributed by atoms with Crippen molar-refractivity contribution < 1.29 is 9.59 Å². The van der Waals surface area contributed by atoms with Crippen LogP contribution in [0.1, 0.15) is 18.4 Å². The summed E-state index contributed by atoms with van der Waals surface area (Å²) < 4.78 is 0. The summed E-state index contributed by atoms with van der Waals surface area (Å²) >= 11 is 0. The van der Waals surface area contributed by atoms with Crippen molar-refractivity contribution in [3.05, 3.63) is 35.9 Å². The predicted octanol–water partition coefficient (Wildman–Crippen LogP) is 1.50. The molecular formula is C18H23N3O2. The van der Waals surface area contributed by atoms with E-state index in [1.165, 1.54) is 5.56 Å². The average molecular weight is 313 g/mol. The van der Waals surface area contributed by atoms with Crippen LogP contribution in [0.4, 0.5) is 4.79 Å². The molecule has 2 rings (SSSR count). The quantitative estimate of drug-likeness (QED) is 0.838. The fourth-order valence-corrected chi connectivity index (χ4v) is 2.64. The monoisotopic (exact) mass is 313 g/mol. The molecule has 0 aliphatic carbocycles. The molecule has 23 heavy (non-hydrogen) atoms. The van der Waals surface area contributed by atoms with Gasteiger partial charge in [-0.3, -0.25) is 4.79 Å². The molecule has 1 N–H and O–H groups in total. The molecule has 1 heterocycles. The number of rotatable bonds is 5. The number of nitrogens with one attached hydrogen (secondary N) is 1. The van der Waals surface area contributed by atoms with Gasteiger partial charge in [-0.1, -0.05) is 36.3 Å². The van der Waals surface area contributed by atoms with Crippen molar-refractivity contribution in [2.24, 2.45) is 0 Å². The SMILES string of the molecule is C#CCNC(=O)N1CCN(C(=O)CCCc2ccccc2)CC1. The molecule has 1 aromatic carbocycles. The molecule has 0 bridgehead atoms. The topological polar surface area (TPSA) is 52.7 Å². The van der Waals surface area contributed by atoms with Crippen molar-refractivity contribution in [1.82, 2.24) is 15.1 Å².